The lowest BCUT2D eigenvalue weighted by molar-refractivity contribution is 0.187. The fourth-order valence-corrected chi connectivity index (χ4v) is 4.68. The molecular formula is C19H36O. The van der Waals surface area contributed by atoms with E-state index < -0.39 is 0 Å². The Labute approximate surface area is 126 Å². The van der Waals surface area contributed by atoms with Crippen molar-refractivity contribution in [3.63, 3.8) is 0 Å². The van der Waals surface area contributed by atoms with E-state index in [0.717, 1.165) is 30.1 Å². The molecule has 2 fully saturated rings. The van der Waals surface area contributed by atoms with E-state index in [0.29, 0.717) is 6.61 Å². The van der Waals surface area contributed by atoms with E-state index in [4.69, 9.17) is 5.11 Å². The van der Waals surface area contributed by atoms with Crippen molar-refractivity contribution in [1.82, 2.24) is 0 Å². The monoisotopic (exact) mass is 280 g/mol. The van der Waals surface area contributed by atoms with Crippen molar-refractivity contribution >= 4 is 0 Å². The molecule has 0 aromatic carbocycles. The summed E-state index contributed by atoms with van der Waals surface area (Å²) in [5.41, 5.74) is 0. The summed E-state index contributed by atoms with van der Waals surface area (Å²) < 4.78 is 0. The predicted octanol–water partition coefficient (Wildman–Crippen LogP) is 5.56. The molecule has 0 aromatic rings. The summed E-state index contributed by atoms with van der Waals surface area (Å²) in [5, 5.41) is 9.02. The van der Waals surface area contributed by atoms with E-state index in [1.807, 2.05) is 0 Å². The molecule has 1 heteroatoms. The van der Waals surface area contributed by atoms with Gasteiger partial charge in [-0.15, -0.1) is 0 Å². The van der Waals surface area contributed by atoms with Crippen molar-refractivity contribution in [3.8, 4) is 0 Å². The maximum Gasteiger partial charge on any atom is 0.0433 e. The van der Waals surface area contributed by atoms with Crippen molar-refractivity contribution in [1.29, 1.82) is 0 Å². The zero-order valence-corrected chi connectivity index (χ0v) is 13.7. The van der Waals surface area contributed by atoms with Gasteiger partial charge >= 0.3 is 0 Å². The standard InChI is InChI=1S/C19H36O/c1-2-3-16-4-6-17(7-5-16)8-9-18-10-12-19(13-11-18)14-15-20/h16-20H,2-15H2,1H3. The molecule has 0 heterocycles. The molecule has 0 radical (unpaired) electrons. The Bertz CT molecular complexity index is 208. The quantitative estimate of drug-likeness (QED) is 0.647. The van der Waals surface area contributed by atoms with Crippen LogP contribution in [0, 0.1) is 23.7 Å². The minimum absolute atomic E-state index is 0.399. The summed E-state index contributed by atoms with van der Waals surface area (Å²) in [6.07, 6.45) is 18.6. The highest BCUT2D eigenvalue weighted by molar-refractivity contribution is 4.76. The highest BCUT2D eigenvalue weighted by Gasteiger charge is 2.24. The molecule has 2 saturated carbocycles. The zero-order valence-electron chi connectivity index (χ0n) is 13.7. The van der Waals surface area contributed by atoms with E-state index in [-0.39, 0.29) is 0 Å². The molecule has 0 spiro atoms. The van der Waals surface area contributed by atoms with Crippen LogP contribution >= 0.6 is 0 Å². The molecule has 0 bridgehead atoms. The summed E-state index contributed by atoms with van der Waals surface area (Å²) >= 11 is 0. The van der Waals surface area contributed by atoms with Crippen molar-refractivity contribution in [2.24, 2.45) is 23.7 Å². The molecule has 1 nitrogen and oxygen atoms in total. The van der Waals surface area contributed by atoms with E-state index in [9.17, 15) is 0 Å². The molecule has 0 aliphatic heterocycles. The van der Waals surface area contributed by atoms with Gasteiger partial charge in [0.25, 0.3) is 0 Å². The lowest BCUT2D eigenvalue weighted by Gasteiger charge is -2.31. The molecule has 118 valence electrons. The summed E-state index contributed by atoms with van der Waals surface area (Å²) in [7, 11) is 0. The Morgan fingerprint density at radius 2 is 0.950 bits per heavy atom. The lowest BCUT2D eigenvalue weighted by atomic mass is 9.74. The van der Waals surface area contributed by atoms with Gasteiger partial charge in [-0.25, -0.2) is 0 Å². The van der Waals surface area contributed by atoms with Crippen LogP contribution < -0.4 is 0 Å². The lowest BCUT2D eigenvalue weighted by Crippen LogP contribution is -2.18. The Hall–Kier alpha value is -0.0400. The maximum absolute atomic E-state index is 9.02. The Balaban J connectivity index is 1.55. The normalized spacial score (nSPS) is 35.1. The first-order valence-corrected chi connectivity index (χ1v) is 9.42. The highest BCUT2D eigenvalue weighted by atomic mass is 16.3. The van der Waals surface area contributed by atoms with Gasteiger partial charge in [0.1, 0.15) is 0 Å². The van der Waals surface area contributed by atoms with Gasteiger partial charge in [0, 0.05) is 6.61 Å². The minimum atomic E-state index is 0.399. The molecule has 2 aliphatic carbocycles. The number of hydrogen-bond acceptors (Lipinski definition) is 1. The average molecular weight is 280 g/mol. The fourth-order valence-electron chi connectivity index (χ4n) is 4.68. The molecule has 1 N–H and O–H groups in total. The molecule has 20 heavy (non-hydrogen) atoms. The molecule has 0 amide bonds. The van der Waals surface area contributed by atoms with Gasteiger partial charge in [0.2, 0.25) is 0 Å². The molecule has 2 rings (SSSR count). The van der Waals surface area contributed by atoms with Gasteiger partial charge in [0.05, 0.1) is 0 Å². The van der Waals surface area contributed by atoms with Gasteiger partial charge in [-0.1, -0.05) is 84.0 Å². The third-order valence-electron chi connectivity index (χ3n) is 6.15. The third kappa shape index (κ3) is 5.39. The topological polar surface area (TPSA) is 20.2 Å². The molecule has 0 atom stereocenters. The van der Waals surface area contributed by atoms with Crippen LogP contribution in [0.2, 0.25) is 0 Å². The first-order chi connectivity index (χ1) is 9.81. The van der Waals surface area contributed by atoms with Crippen molar-refractivity contribution in [2.45, 2.75) is 90.4 Å². The van der Waals surface area contributed by atoms with Crippen LogP contribution in [-0.4, -0.2) is 11.7 Å². The second-order valence-corrected chi connectivity index (χ2v) is 7.65. The average Bonchev–Trinajstić information content (AvgIpc) is 2.49. The zero-order chi connectivity index (χ0) is 14.2. The van der Waals surface area contributed by atoms with Gasteiger partial charge < -0.3 is 5.11 Å². The molecule has 0 saturated heterocycles. The summed E-state index contributed by atoms with van der Waals surface area (Å²) in [6.45, 7) is 2.73. The van der Waals surface area contributed by atoms with Crippen LogP contribution in [0.4, 0.5) is 0 Å². The van der Waals surface area contributed by atoms with Crippen molar-refractivity contribution < 1.29 is 5.11 Å². The number of hydrogen-bond donors (Lipinski definition) is 1. The summed E-state index contributed by atoms with van der Waals surface area (Å²) in [6, 6.07) is 0. The van der Waals surface area contributed by atoms with Crippen molar-refractivity contribution in [2.75, 3.05) is 6.61 Å². The summed E-state index contributed by atoms with van der Waals surface area (Å²) in [4.78, 5) is 0. The predicted molar refractivity (Wildman–Crippen MR) is 86.7 cm³/mol. The van der Waals surface area contributed by atoms with Gasteiger partial charge in [-0.2, -0.15) is 0 Å². The van der Waals surface area contributed by atoms with Crippen LogP contribution in [0.3, 0.4) is 0 Å². The van der Waals surface area contributed by atoms with Crippen LogP contribution in [0.5, 0.6) is 0 Å². The van der Waals surface area contributed by atoms with E-state index in [2.05, 4.69) is 6.92 Å². The maximum atomic E-state index is 9.02. The Morgan fingerprint density at radius 1 is 0.600 bits per heavy atom. The minimum Gasteiger partial charge on any atom is -0.396 e. The molecule has 0 aromatic heterocycles. The Kier molecular flexibility index (Phi) is 7.41. The fraction of sp³-hybridized carbons (Fsp3) is 1.00. The number of aliphatic hydroxyl groups is 1. The molecule has 2 aliphatic rings. The van der Waals surface area contributed by atoms with E-state index >= 15 is 0 Å². The highest BCUT2D eigenvalue weighted by Crippen LogP contribution is 2.38. The molecule has 0 unspecified atom stereocenters. The van der Waals surface area contributed by atoms with Crippen LogP contribution in [-0.2, 0) is 0 Å². The smallest absolute Gasteiger partial charge is 0.0433 e. The van der Waals surface area contributed by atoms with E-state index in [1.54, 1.807) is 0 Å². The largest absolute Gasteiger partial charge is 0.396 e. The number of rotatable bonds is 7. The van der Waals surface area contributed by atoms with Crippen molar-refractivity contribution in [3.05, 3.63) is 0 Å². The van der Waals surface area contributed by atoms with Gasteiger partial charge in [0.15, 0.2) is 0 Å². The SMILES string of the molecule is CCCC1CCC(CCC2CCC(CCO)CC2)CC1. The molecular weight excluding hydrogens is 244 g/mol. The first kappa shape index (κ1) is 16.3. The Morgan fingerprint density at radius 3 is 1.30 bits per heavy atom. The third-order valence-corrected chi connectivity index (χ3v) is 6.15. The second-order valence-electron chi connectivity index (χ2n) is 7.65. The van der Waals surface area contributed by atoms with Crippen LogP contribution in [0.15, 0.2) is 0 Å². The van der Waals surface area contributed by atoms with Crippen LogP contribution in [0.25, 0.3) is 0 Å². The summed E-state index contributed by atoms with van der Waals surface area (Å²) in [5.74, 6) is 3.96. The number of aliphatic hydroxyl groups excluding tert-OH is 1. The van der Waals surface area contributed by atoms with Gasteiger partial charge in [-0.3, -0.25) is 0 Å². The first-order valence-electron chi connectivity index (χ1n) is 9.42. The van der Waals surface area contributed by atoms with Crippen LogP contribution in [0.1, 0.15) is 90.4 Å². The second kappa shape index (κ2) is 9.07. The van der Waals surface area contributed by atoms with E-state index in [1.165, 1.54) is 77.0 Å². The van der Waals surface area contributed by atoms with Gasteiger partial charge in [-0.05, 0) is 30.1 Å².